The Morgan fingerprint density at radius 1 is 1.56 bits per heavy atom. The molecule has 0 amide bonds. The summed E-state index contributed by atoms with van der Waals surface area (Å²) in [6.45, 7) is 0. The van der Waals surface area contributed by atoms with Crippen LogP contribution in [0.2, 0.25) is 0 Å². The summed E-state index contributed by atoms with van der Waals surface area (Å²) in [6, 6.07) is 0. The highest BCUT2D eigenvalue weighted by Gasteiger charge is 2.47. The molecule has 0 heterocycles. The monoisotopic (exact) mass is 167 g/mol. The Morgan fingerprint density at radius 3 is 2.11 bits per heavy atom. The molecule has 0 fully saturated rings. The maximum absolute atomic E-state index is 11.1. The number of halogens is 3. The molecule has 0 atom stereocenters. The average Bonchev–Trinajstić information content (AvgIpc) is 1.61. The van der Waals surface area contributed by atoms with Crippen molar-refractivity contribution in [1.29, 1.82) is 1.43 Å². The first-order chi connectivity index (χ1) is 4.31. The molecule has 56 valence electrons. The molecule has 0 aliphatic rings. The third kappa shape index (κ3) is 1.80. The van der Waals surface area contributed by atoms with E-state index in [9.17, 15) is 21.6 Å². The molecule has 1 N–H and O–H groups in total. The van der Waals surface area contributed by atoms with Crippen LogP contribution in [0.25, 0.3) is 1.43 Å². The van der Waals surface area contributed by atoms with Crippen LogP contribution in [0, 0.1) is 0 Å². The molecule has 0 rings (SSSR count). The van der Waals surface area contributed by atoms with Gasteiger partial charge in [0.15, 0.2) is 0 Å². The Bertz CT molecular complexity index is 193. The van der Waals surface area contributed by atoms with Gasteiger partial charge in [-0.15, -0.1) is 4.33 Å². The molecule has 0 aromatic carbocycles. The van der Waals surface area contributed by atoms with Gasteiger partial charge in [0.2, 0.25) is 0 Å². The average molecular weight is 167 g/mol. The van der Waals surface area contributed by atoms with Crippen LogP contribution in [0.3, 0.4) is 0 Å². The largest absolute Gasteiger partial charge is 0.525 e. The van der Waals surface area contributed by atoms with E-state index in [4.69, 9.17) is 1.43 Å². The second kappa shape index (κ2) is 2.12. The fourth-order valence-electron chi connectivity index (χ4n) is 0.0386. The van der Waals surface area contributed by atoms with Crippen molar-refractivity contribution in [3.05, 3.63) is 0 Å². The van der Waals surface area contributed by atoms with Gasteiger partial charge in [-0.05, 0) is 0 Å². The number of rotatable bonds is 2. The lowest BCUT2D eigenvalue weighted by molar-refractivity contribution is -0.156. The zero-order valence-corrected chi connectivity index (χ0v) is 4.49. The molecule has 0 spiro atoms. The van der Waals surface area contributed by atoms with Gasteiger partial charge >= 0.3 is 15.6 Å². The van der Waals surface area contributed by atoms with E-state index in [1.54, 1.807) is 0 Å². The molecule has 4 nitrogen and oxygen atoms in total. The zero-order valence-electron chi connectivity index (χ0n) is 4.68. The fraction of sp³-hybridized carbons (Fsp3) is 1.00. The summed E-state index contributed by atoms with van der Waals surface area (Å²) in [5.74, 6) is 0. The maximum Gasteiger partial charge on any atom is 0.525 e. The van der Waals surface area contributed by atoms with E-state index in [0.717, 1.165) is 0 Å². The van der Waals surface area contributed by atoms with Crippen molar-refractivity contribution in [2.24, 2.45) is 0 Å². The molecule has 9 heavy (non-hydrogen) atoms. The minimum atomic E-state index is -5.76. The molecular weight excluding hydrogens is 165 g/mol. The molecule has 0 aromatic rings. The van der Waals surface area contributed by atoms with Crippen LogP contribution in [-0.2, 0) is 14.5 Å². The Kier molecular flexibility index (Phi) is 1.60. The first kappa shape index (κ1) is 6.78. The normalized spacial score (nSPS) is 15.2. The topological polar surface area (TPSA) is 63.6 Å². The van der Waals surface area contributed by atoms with Crippen LogP contribution in [0.15, 0.2) is 0 Å². The standard InChI is InChI=1S/CHF3O4S/c2-1(3,4)9(6,7)8-5/h5H/i/hD. The predicted molar refractivity (Wildman–Crippen MR) is 18.7 cm³/mol. The van der Waals surface area contributed by atoms with E-state index in [1.165, 1.54) is 0 Å². The summed E-state index contributed by atoms with van der Waals surface area (Å²) < 4.78 is 60.9. The zero-order chi connectivity index (χ0) is 8.41. The Labute approximate surface area is 49.4 Å². The van der Waals surface area contributed by atoms with Gasteiger partial charge in [0.25, 0.3) is 1.43 Å². The van der Waals surface area contributed by atoms with Gasteiger partial charge in [0.1, 0.15) is 0 Å². The lowest BCUT2D eigenvalue weighted by atomic mass is 11.6. The summed E-state index contributed by atoms with van der Waals surface area (Å²) in [4.78, 5) is 0. The van der Waals surface area contributed by atoms with Gasteiger partial charge in [-0.3, -0.25) is 0 Å². The van der Waals surface area contributed by atoms with Crippen molar-refractivity contribution in [2.45, 2.75) is 5.51 Å². The van der Waals surface area contributed by atoms with E-state index in [2.05, 4.69) is 9.59 Å². The summed E-state index contributed by atoms with van der Waals surface area (Å²) in [6.07, 6.45) is 0. The van der Waals surface area contributed by atoms with Crippen LogP contribution >= 0.6 is 0 Å². The third-order valence-corrected chi connectivity index (χ3v) is 1.12. The highest BCUT2D eigenvalue weighted by molar-refractivity contribution is 7.87. The van der Waals surface area contributed by atoms with Crippen molar-refractivity contribution in [3.8, 4) is 0 Å². The first-order valence-corrected chi connectivity index (χ1v) is 2.85. The van der Waals surface area contributed by atoms with Crippen LogP contribution in [-0.4, -0.2) is 19.2 Å². The highest BCUT2D eigenvalue weighted by atomic mass is 32.2. The quantitative estimate of drug-likeness (QED) is 0.365. The van der Waals surface area contributed by atoms with Crippen molar-refractivity contribution in [2.75, 3.05) is 0 Å². The van der Waals surface area contributed by atoms with E-state index in [0.29, 0.717) is 0 Å². The summed E-state index contributed by atoms with van der Waals surface area (Å²) in [5.41, 5.74) is -5.55. The van der Waals surface area contributed by atoms with Crippen LogP contribution in [0.5, 0.6) is 0 Å². The summed E-state index contributed by atoms with van der Waals surface area (Å²) in [7, 11) is -5.76. The van der Waals surface area contributed by atoms with E-state index in [-0.39, 0.29) is 0 Å². The third-order valence-electron chi connectivity index (χ3n) is 0.373. The molecule has 0 bridgehead atoms. The highest BCUT2D eigenvalue weighted by Crippen LogP contribution is 2.23. The smallest absolute Gasteiger partial charge is 0.235 e. The Morgan fingerprint density at radius 2 is 2.00 bits per heavy atom. The van der Waals surface area contributed by atoms with Crippen molar-refractivity contribution in [3.63, 3.8) is 0 Å². The minimum Gasteiger partial charge on any atom is -0.235 e. The molecule has 0 aromatic heterocycles. The Hall–Kier alpha value is -0.340. The second-order valence-corrected chi connectivity index (χ2v) is 2.48. The van der Waals surface area contributed by atoms with Crippen LogP contribution < -0.4 is 0 Å². The number of hydrogen-bond acceptors (Lipinski definition) is 4. The minimum absolute atomic E-state index is 2.58. The van der Waals surface area contributed by atoms with Gasteiger partial charge < -0.3 is 0 Å². The molecule has 0 saturated heterocycles. The molecule has 0 aliphatic heterocycles. The SMILES string of the molecule is [2H]OOS(=O)(=O)C(F)(F)F. The van der Waals surface area contributed by atoms with E-state index < -0.39 is 15.6 Å². The van der Waals surface area contributed by atoms with Crippen molar-refractivity contribution < 1.29 is 31.2 Å². The Balaban J connectivity index is 4.44. The van der Waals surface area contributed by atoms with Gasteiger partial charge in [-0.1, -0.05) is 0 Å². The van der Waals surface area contributed by atoms with Crippen molar-refractivity contribution in [1.82, 2.24) is 0 Å². The number of alkyl halides is 3. The van der Waals surface area contributed by atoms with Gasteiger partial charge in [-0.25, -0.2) is 5.26 Å². The van der Waals surface area contributed by atoms with Gasteiger partial charge in [0, 0.05) is 0 Å². The molecular formula is CHF3O4S. The van der Waals surface area contributed by atoms with Crippen LogP contribution in [0.1, 0.15) is 0 Å². The molecule has 0 aliphatic carbocycles. The van der Waals surface area contributed by atoms with Crippen LogP contribution in [0.4, 0.5) is 13.2 Å². The van der Waals surface area contributed by atoms with Gasteiger partial charge in [0.05, 0.1) is 0 Å². The lowest BCUT2D eigenvalue weighted by Crippen LogP contribution is -2.24. The summed E-state index contributed by atoms with van der Waals surface area (Å²) in [5, 5.41) is 2.58. The molecule has 0 unspecified atom stereocenters. The molecule has 8 heteroatoms. The maximum atomic E-state index is 11.1. The molecule has 0 saturated carbocycles. The lowest BCUT2D eigenvalue weighted by Gasteiger charge is -2.00. The van der Waals surface area contributed by atoms with E-state index in [1.807, 2.05) is 0 Å². The second-order valence-electron chi connectivity index (χ2n) is 0.968. The van der Waals surface area contributed by atoms with Crippen molar-refractivity contribution >= 4 is 10.1 Å². The fourth-order valence-corrected chi connectivity index (χ4v) is 0.116. The predicted octanol–water partition coefficient (Wildman–Crippen LogP) is 0.326. The molecule has 0 radical (unpaired) electrons. The van der Waals surface area contributed by atoms with E-state index >= 15 is 0 Å². The first-order valence-electron chi connectivity index (χ1n) is 1.85. The number of hydrogen-bond donors (Lipinski definition) is 1. The summed E-state index contributed by atoms with van der Waals surface area (Å²) >= 11 is 0. The van der Waals surface area contributed by atoms with Gasteiger partial charge in [-0.2, -0.15) is 21.6 Å².